The molecule has 0 fully saturated rings. The van der Waals surface area contributed by atoms with Gasteiger partial charge >= 0.3 is 22.5 Å². The topological polar surface area (TPSA) is 77.8 Å². The van der Waals surface area contributed by atoms with Crippen molar-refractivity contribution in [3.63, 3.8) is 0 Å². The highest BCUT2D eigenvalue weighted by Gasteiger charge is 2.36. The molecule has 0 radical (unpaired) electrons. The number of alkyl halides is 6. The molecule has 24 heavy (non-hydrogen) atoms. The number of hydrogen-bond donors (Lipinski definition) is 0. The Morgan fingerprint density at radius 1 is 0.792 bits per heavy atom. The van der Waals surface area contributed by atoms with Crippen LogP contribution in [0, 0.1) is 0 Å². The Morgan fingerprint density at radius 2 is 1.21 bits per heavy atom. The van der Waals surface area contributed by atoms with Crippen molar-refractivity contribution in [1.82, 2.24) is 20.3 Å². The monoisotopic (exact) mass is 382 g/mol. The molecule has 0 bridgehead atoms. The van der Waals surface area contributed by atoms with E-state index in [2.05, 4.69) is 29.3 Å². The minimum Gasteiger partial charge on any atom is -0.331 e. The Kier molecular flexibility index (Phi) is 3.96. The van der Waals surface area contributed by atoms with Crippen LogP contribution in [-0.2, 0) is 10.8 Å². The Hall–Kier alpha value is -2.20. The summed E-state index contributed by atoms with van der Waals surface area (Å²) in [7, 11) is 0. The van der Waals surface area contributed by atoms with Crippen LogP contribution in [0.2, 0.25) is 0 Å². The van der Waals surface area contributed by atoms with E-state index in [9.17, 15) is 17.6 Å². The summed E-state index contributed by atoms with van der Waals surface area (Å²) < 4.78 is 60.3. The number of nitrogens with zero attached hydrogens (tertiary/aromatic N) is 4. The third-order valence-corrected chi connectivity index (χ3v) is 3.04. The predicted molar refractivity (Wildman–Crippen MR) is 72.5 cm³/mol. The number of aromatic nitrogens is 4. The highest BCUT2D eigenvalue weighted by molar-refractivity contribution is 6.21. The van der Waals surface area contributed by atoms with Gasteiger partial charge in [0, 0.05) is 11.1 Å². The fourth-order valence-corrected chi connectivity index (χ4v) is 1.86. The van der Waals surface area contributed by atoms with E-state index in [0.717, 1.165) is 0 Å². The van der Waals surface area contributed by atoms with Crippen molar-refractivity contribution < 1.29 is 26.6 Å². The minimum atomic E-state index is -3.81. The van der Waals surface area contributed by atoms with Crippen LogP contribution in [0.15, 0.2) is 33.3 Å². The first-order chi connectivity index (χ1) is 11.1. The molecule has 0 saturated carbocycles. The van der Waals surface area contributed by atoms with Gasteiger partial charge in [-0.3, -0.25) is 0 Å². The van der Waals surface area contributed by atoms with Gasteiger partial charge in [-0.15, -0.1) is 0 Å². The van der Waals surface area contributed by atoms with E-state index in [1.54, 1.807) is 0 Å². The molecule has 0 aliphatic carbocycles. The highest BCUT2D eigenvalue weighted by Crippen LogP contribution is 2.34. The summed E-state index contributed by atoms with van der Waals surface area (Å²) in [5.74, 6) is -2.52. The van der Waals surface area contributed by atoms with Crippen molar-refractivity contribution in [1.29, 1.82) is 0 Å². The second kappa shape index (κ2) is 5.71. The molecular weight excluding hydrogens is 379 g/mol. The second-order valence-electron chi connectivity index (χ2n) is 4.42. The molecular formula is C12H4Cl2F4N4O2. The second-order valence-corrected chi connectivity index (χ2v) is 5.37. The van der Waals surface area contributed by atoms with Gasteiger partial charge in [0.05, 0.1) is 0 Å². The van der Waals surface area contributed by atoms with Crippen molar-refractivity contribution in [3.05, 3.63) is 36.0 Å². The predicted octanol–water partition coefficient (Wildman–Crippen LogP) is 4.36. The van der Waals surface area contributed by atoms with Crippen LogP contribution in [0.5, 0.6) is 0 Å². The van der Waals surface area contributed by atoms with Crippen LogP contribution in [0.3, 0.4) is 0 Å². The summed E-state index contributed by atoms with van der Waals surface area (Å²) >= 11 is 9.57. The molecule has 0 N–H and O–H groups in total. The van der Waals surface area contributed by atoms with Crippen LogP contribution in [0.4, 0.5) is 17.6 Å². The van der Waals surface area contributed by atoms with Gasteiger partial charge in [-0.1, -0.05) is 28.5 Å². The fraction of sp³-hybridized carbons (Fsp3) is 0.167. The zero-order valence-corrected chi connectivity index (χ0v) is 12.7. The summed E-state index contributed by atoms with van der Waals surface area (Å²) in [6.07, 6.45) is 0. The summed E-state index contributed by atoms with van der Waals surface area (Å²) in [5.41, 5.74) is 0.486. The lowest BCUT2D eigenvalue weighted by Crippen LogP contribution is -2.03. The van der Waals surface area contributed by atoms with Gasteiger partial charge in [-0.05, 0) is 29.3 Å². The largest absolute Gasteiger partial charge is 0.400 e. The summed E-state index contributed by atoms with van der Waals surface area (Å²) in [5, 5.41) is -0.864. The van der Waals surface area contributed by atoms with Crippen LogP contribution in [0.25, 0.3) is 22.8 Å². The lowest BCUT2D eigenvalue weighted by Gasteiger charge is -1.99. The van der Waals surface area contributed by atoms with E-state index in [0.29, 0.717) is 0 Å². The minimum absolute atomic E-state index is 0.182. The van der Waals surface area contributed by atoms with Crippen LogP contribution in [0.1, 0.15) is 11.8 Å². The Balaban J connectivity index is 1.95. The number of halogens is 6. The first kappa shape index (κ1) is 16.7. The van der Waals surface area contributed by atoms with Crippen molar-refractivity contribution >= 4 is 23.2 Å². The molecule has 0 saturated heterocycles. The fourth-order valence-electron chi connectivity index (χ4n) is 1.71. The molecule has 126 valence electrons. The zero-order chi connectivity index (χ0) is 17.5. The quantitative estimate of drug-likeness (QED) is 0.492. The first-order valence-corrected chi connectivity index (χ1v) is 6.83. The average Bonchev–Trinajstić information content (AvgIpc) is 3.16. The number of hydrogen-bond acceptors (Lipinski definition) is 6. The molecule has 0 aliphatic rings. The van der Waals surface area contributed by atoms with Gasteiger partial charge in [0.1, 0.15) is 0 Å². The van der Waals surface area contributed by atoms with Crippen molar-refractivity contribution in [2.24, 2.45) is 0 Å². The first-order valence-electron chi connectivity index (χ1n) is 6.07. The van der Waals surface area contributed by atoms with Gasteiger partial charge in [0.15, 0.2) is 0 Å². The highest BCUT2D eigenvalue weighted by atomic mass is 35.5. The Labute approximate surface area is 140 Å². The normalized spacial score (nSPS) is 12.6. The molecule has 6 nitrogen and oxygen atoms in total. The molecule has 2 aromatic heterocycles. The van der Waals surface area contributed by atoms with E-state index in [1.807, 2.05) is 0 Å². The summed E-state index contributed by atoms with van der Waals surface area (Å²) in [6.45, 7) is 0. The van der Waals surface area contributed by atoms with E-state index in [4.69, 9.17) is 23.2 Å². The summed E-state index contributed by atoms with van der Waals surface area (Å²) in [6, 6.07) is 5.79. The Morgan fingerprint density at radius 3 is 1.54 bits per heavy atom. The average molecular weight is 383 g/mol. The molecule has 2 heterocycles. The molecule has 0 spiro atoms. The van der Waals surface area contributed by atoms with Crippen molar-refractivity contribution in [3.8, 4) is 22.8 Å². The molecule has 0 unspecified atom stereocenters. The maximum atomic E-state index is 12.9. The lowest BCUT2D eigenvalue weighted by molar-refractivity contribution is 0.0547. The lowest BCUT2D eigenvalue weighted by atomic mass is 10.1. The van der Waals surface area contributed by atoms with E-state index in [-0.39, 0.29) is 22.8 Å². The molecule has 3 rings (SSSR count). The van der Waals surface area contributed by atoms with Crippen molar-refractivity contribution in [2.45, 2.75) is 10.8 Å². The van der Waals surface area contributed by atoms with Gasteiger partial charge < -0.3 is 9.05 Å². The zero-order valence-electron chi connectivity index (χ0n) is 11.2. The third-order valence-electron chi connectivity index (χ3n) is 2.72. The summed E-state index contributed by atoms with van der Waals surface area (Å²) in [4.78, 5) is 6.93. The smallest absolute Gasteiger partial charge is 0.331 e. The van der Waals surface area contributed by atoms with Gasteiger partial charge in [0.25, 0.3) is 0 Å². The van der Waals surface area contributed by atoms with E-state index < -0.39 is 22.5 Å². The van der Waals surface area contributed by atoms with E-state index in [1.165, 1.54) is 24.3 Å². The van der Waals surface area contributed by atoms with Gasteiger partial charge in [0.2, 0.25) is 11.6 Å². The van der Waals surface area contributed by atoms with Crippen LogP contribution < -0.4 is 0 Å². The number of benzene rings is 1. The molecule has 12 heteroatoms. The SMILES string of the molecule is FC(F)(Cl)c1nc(-c2cccc(-c3noc(C(F)(F)Cl)n3)c2)no1. The standard InChI is InChI=1S/C12H4Cl2F4N4O2/c13-11(15,16)9-19-7(21-23-9)5-2-1-3-6(4-5)8-20-10(24-22-8)12(14,17)18/h1-4H. The van der Waals surface area contributed by atoms with Gasteiger partial charge in [-0.25, -0.2) is 0 Å². The number of rotatable bonds is 4. The molecule has 0 atom stereocenters. The molecule has 0 amide bonds. The van der Waals surface area contributed by atoms with Crippen LogP contribution in [-0.4, -0.2) is 20.3 Å². The van der Waals surface area contributed by atoms with Gasteiger partial charge in [-0.2, -0.15) is 27.5 Å². The maximum absolute atomic E-state index is 12.9. The van der Waals surface area contributed by atoms with Crippen LogP contribution >= 0.6 is 23.2 Å². The molecule has 1 aromatic carbocycles. The Bertz CT molecular complexity index is 805. The third kappa shape index (κ3) is 3.34. The molecule has 0 aliphatic heterocycles. The van der Waals surface area contributed by atoms with Crippen molar-refractivity contribution in [2.75, 3.05) is 0 Å². The molecule has 3 aromatic rings. The van der Waals surface area contributed by atoms with E-state index >= 15 is 0 Å². The maximum Gasteiger partial charge on any atom is 0.400 e.